The van der Waals surface area contributed by atoms with E-state index in [0.29, 0.717) is 6.42 Å². The van der Waals surface area contributed by atoms with E-state index < -0.39 is 0 Å². The lowest BCUT2D eigenvalue weighted by atomic mass is 10.3. The summed E-state index contributed by atoms with van der Waals surface area (Å²) in [5.74, 6) is -0.157. The van der Waals surface area contributed by atoms with Crippen molar-refractivity contribution in [2.75, 3.05) is 12.8 Å². The van der Waals surface area contributed by atoms with Gasteiger partial charge in [0.15, 0.2) is 0 Å². The van der Waals surface area contributed by atoms with Crippen molar-refractivity contribution in [2.45, 2.75) is 13.3 Å². The maximum absolute atomic E-state index is 9.96. The fourth-order valence-electron chi connectivity index (χ4n) is 0.597. The van der Waals surface area contributed by atoms with Gasteiger partial charge in [0.2, 0.25) is 0 Å². The molecule has 0 amide bonds. The van der Waals surface area contributed by atoms with Gasteiger partial charge in [-0.25, -0.2) is 0 Å². The summed E-state index contributed by atoms with van der Waals surface area (Å²) in [4.78, 5) is 9.96. The second kappa shape index (κ2) is 9.86. The van der Waals surface area contributed by atoms with Gasteiger partial charge in [0.1, 0.15) is 0 Å². The minimum absolute atomic E-state index is 0. The largest absolute Gasteiger partial charge is 0.469 e. The van der Waals surface area contributed by atoms with Gasteiger partial charge in [0, 0.05) is 12.1 Å². The quantitative estimate of drug-likeness (QED) is 0.580. The minimum Gasteiger partial charge on any atom is -0.469 e. The first kappa shape index (κ1) is 15.3. The van der Waals surface area contributed by atoms with Crippen molar-refractivity contribution in [1.82, 2.24) is 0 Å². The molecule has 3 nitrogen and oxygen atoms in total. The lowest BCUT2D eigenvalue weighted by Crippen LogP contribution is -1.94. The van der Waals surface area contributed by atoms with Gasteiger partial charge in [-0.3, -0.25) is 4.79 Å². The van der Waals surface area contributed by atoms with E-state index in [1.54, 1.807) is 6.92 Å². The predicted molar refractivity (Wildman–Crippen MR) is 60.4 cm³/mol. The van der Waals surface area contributed by atoms with Crippen LogP contribution in [0.2, 0.25) is 0 Å². The average Bonchev–Trinajstić information content (AvgIpc) is 2.19. The fraction of sp³-hybridized carbons (Fsp3) is 0.300. The van der Waals surface area contributed by atoms with Crippen LogP contribution in [0, 0.1) is 0 Å². The molecular formula is C10H16ClNO2. The van der Waals surface area contributed by atoms with Gasteiger partial charge in [-0.05, 0) is 12.1 Å². The number of carbonyl (C=O) groups excluding carboxylic acids is 1. The van der Waals surface area contributed by atoms with Crippen LogP contribution < -0.4 is 5.73 Å². The lowest BCUT2D eigenvalue weighted by Gasteiger charge is -1.87. The highest BCUT2D eigenvalue weighted by Gasteiger charge is 1.87. The number of nitrogens with two attached hydrogens (primary N) is 1. The first-order valence-electron chi connectivity index (χ1n) is 4.08. The molecule has 0 aromatic heterocycles. The summed E-state index contributed by atoms with van der Waals surface area (Å²) in [7, 11) is 1.38. The van der Waals surface area contributed by atoms with Crippen molar-refractivity contribution >= 4 is 24.1 Å². The molecule has 0 aliphatic heterocycles. The number of benzene rings is 1. The first-order chi connectivity index (χ1) is 6.20. The predicted octanol–water partition coefficient (Wildman–Crippen LogP) is 2.26. The van der Waals surface area contributed by atoms with Crippen molar-refractivity contribution in [3.63, 3.8) is 0 Å². The Labute approximate surface area is 90.7 Å². The van der Waals surface area contributed by atoms with Crippen molar-refractivity contribution in [3.05, 3.63) is 30.3 Å². The zero-order chi connectivity index (χ0) is 10.1. The van der Waals surface area contributed by atoms with Gasteiger partial charge in [-0.15, -0.1) is 12.4 Å². The summed E-state index contributed by atoms with van der Waals surface area (Å²) in [6.07, 6.45) is 0.469. The summed E-state index contributed by atoms with van der Waals surface area (Å²) < 4.78 is 4.26. The number of ether oxygens (including phenoxy) is 1. The number of anilines is 1. The smallest absolute Gasteiger partial charge is 0.305 e. The van der Waals surface area contributed by atoms with Crippen molar-refractivity contribution in [2.24, 2.45) is 0 Å². The summed E-state index contributed by atoms with van der Waals surface area (Å²) in [5.41, 5.74) is 6.18. The normalized spacial score (nSPS) is 7.57. The molecule has 80 valence electrons. The molecule has 0 saturated heterocycles. The van der Waals surface area contributed by atoms with E-state index in [4.69, 9.17) is 5.73 Å². The zero-order valence-corrected chi connectivity index (χ0v) is 9.21. The number of methoxy groups -OCH3 is 1. The van der Waals surface area contributed by atoms with Gasteiger partial charge >= 0.3 is 5.97 Å². The molecule has 0 unspecified atom stereocenters. The van der Waals surface area contributed by atoms with E-state index in [2.05, 4.69) is 4.74 Å². The fourth-order valence-corrected chi connectivity index (χ4v) is 0.597. The van der Waals surface area contributed by atoms with Crippen LogP contribution in [0.1, 0.15) is 13.3 Å². The molecule has 1 aromatic carbocycles. The molecule has 14 heavy (non-hydrogen) atoms. The number of carbonyl (C=O) groups is 1. The topological polar surface area (TPSA) is 52.3 Å². The summed E-state index contributed by atoms with van der Waals surface area (Å²) >= 11 is 0. The van der Waals surface area contributed by atoms with E-state index in [9.17, 15) is 4.79 Å². The first-order valence-corrected chi connectivity index (χ1v) is 4.08. The third-order valence-electron chi connectivity index (χ3n) is 1.32. The molecule has 0 aliphatic carbocycles. The Hall–Kier alpha value is -1.22. The number of para-hydroxylation sites is 1. The Morgan fingerprint density at radius 2 is 1.86 bits per heavy atom. The van der Waals surface area contributed by atoms with Crippen molar-refractivity contribution < 1.29 is 9.53 Å². The Morgan fingerprint density at radius 3 is 2.00 bits per heavy atom. The van der Waals surface area contributed by atoms with Gasteiger partial charge in [0.05, 0.1) is 7.11 Å². The van der Waals surface area contributed by atoms with Gasteiger partial charge in [-0.2, -0.15) is 0 Å². The molecule has 2 N–H and O–H groups in total. The molecule has 0 bridgehead atoms. The standard InChI is InChI=1S/C6H7N.C4H8O2.ClH/c7-6-4-2-1-3-5-6;1-3-4(5)6-2;/h1-5H,7H2;3H2,1-2H3;1H. The van der Waals surface area contributed by atoms with Crippen LogP contribution in [0.15, 0.2) is 30.3 Å². The monoisotopic (exact) mass is 217 g/mol. The zero-order valence-electron chi connectivity index (χ0n) is 8.40. The van der Waals surface area contributed by atoms with Crippen LogP contribution in [-0.2, 0) is 9.53 Å². The van der Waals surface area contributed by atoms with E-state index in [1.165, 1.54) is 7.11 Å². The van der Waals surface area contributed by atoms with Gasteiger partial charge in [-0.1, -0.05) is 25.1 Å². The van der Waals surface area contributed by atoms with Gasteiger partial charge < -0.3 is 10.5 Å². The Morgan fingerprint density at radius 1 is 1.36 bits per heavy atom. The molecule has 0 spiro atoms. The maximum Gasteiger partial charge on any atom is 0.305 e. The second-order valence-corrected chi connectivity index (χ2v) is 2.34. The van der Waals surface area contributed by atoms with E-state index >= 15 is 0 Å². The van der Waals surface area contributed by atoms with E-state index in [1.807, 2.05) is 30.3 Å². The molecule has 0 heterocycles. The summed E-state index contributed by atoms with van der Waals surface area (Å²) in [6.45, 7) is 1.76. The maximum atomic E-state index is 9.96. The number of esters is 1. The third kappa shape index (κ3) is 8.87. The van der Waals surface area contributed by atoms with Crippen LogP contribution in [0.3, 0.4) is 0 Å². The molecule has 0 saturated carbocycles. The van der Waals surface area contributed by atoms with Crippen LogP contribution in [-0.4, -0.2) is 13.1 Å². The Balaban J connectivity index is 0. The van der Waals surface area contributed by atoms with Crippen LogP contribution >= 0.6 is 12.4 Å². The summed E-state index contributed by atoms with van der Waals surface area (Å²) in [5, 5.41) is 0. The second-order valence-electron chi connectivity index (χ2n) is 2.34. The minimum atomic E-state index is -0.157. The van der Waals surface area contributed by atoms with Gasteiger partial charge in [0.25, 0.3) is 0 Å². The molecule has 1 rings (SSSR count). The SMILES string of the molecule is CCC(=O)OC.Cl.Nc1ccccc1. The summed E-state index contributed by atoms with van der Waals surface area (Å²) in [6, 6.07) is 9.49. The van der Waals surface area contributed by atoms with Crippen LogP contribution in [0.5, 0.6) is 0 Å². The lowest BCUT2D eigenvalue weighted by molar-refractivity contribution is -0.140. The van der Waals surface area contributed by atoms with Crippen molar-refractivity contribution in [3.8, 4) is 0 Å². The molecule has 0 aliphatic rings. The van der Waals surface area contributed by atoms with Crippen LogP contribution in [0.4, 0.5) is 5.69 Å². The number of hydrogen-bond donors (Lipinski definition) is 1. The molecule has 1 aromatic rings. The Bertz CT molecular complexity index is 233. The number of hydrogen-bond acceptors (Lipinski definition) is 3. The van der Waals surface area contributed by atoms with E-state index in [0.717, 1.165) is 5.69 Å². The third-order valence-corrected chi connectivity index (χ3v) is 1.32. The Kier molecular flexibility index (Phi) is 10.8. The molecular weight excluding hydrogens is 202 g/mol. The number of halogens is 1. The molecule has 0 fully saturated rings. The van der Waals surface area contributed by atoms with E-state index in [-0.39, 0.29) is 18.4 Å². The molecule has 0 radical (unpaired) electrons. The highest BCUT2D eigenvalue weighted by molar-refractivity contribution is 5.85. The molecule has 0 atom stereocenters. The number of rotatable bonds is 1. The highest BCUT2D eigenvalue weighted by Crippen LogP contribution is 1.95. The van der Waals surface area contributed by atoms with Crippen LogP contribution in [0.25, 0.3) is 0 Å². The molecule has 4 heteroatoms. The highest BCUT2D eigenvalue weighted by atomic mass is 35.5. The average molecular weight is 218 g/mol. The van der Waals surface area contributed by atoms with Crippen molar-refractivity contribution in [1.29, 1.82) is 0 Å². The number of nitrogen functional groups attached to an aromatic ring is 1.